The number of hydrogen-bond donors (Lipinski definition) is 0. The molecule has 1 aliphatic carbocycles. The first kappa shape index (κ1) is 21.4. The first-order valence-corrected chi connectivity index (χ1v) is 11.5. The van der Waals surface area contributed by atoms with Crippen molar-refractivity contribution in [3.8, 4) is 0 Å². The summed E-state index contributed by atoms with van der Waals surface area (Å²) in [6, 6.07) is 6.31. The lowest BCUT2D eigenvalue weighted by molar-refractivity contribution is 0.0529. The Hall–Kier alpha value is -3.49. The third kappa shape index (κ3) is 3.81. The molecule has 0 spiro atoms. The van der Waals surface area contributed by atoms with Crippen molar-refractivity contribution >= 4 is 23.6 Å². The van der Waals surface area contributed by atoms with Gasteiger partial charge in [-0.15, -0.1) is 0 Å². The summed E-state index contributed by atoms with van der Waals surface area (Å²) >= 11 is 0. The maximum Gasteiger partial charge on any atom is 0.276 e. The van der Waals surface area contributed by atoms with Crippen molar-refractivity contribution in [2.75, 3.05) is 26.2 Å². The van der Waals surface area contributed by atoms with Crippen LogP contribution in [-0.2, 0) is 0 Å². The topological polar surface area (TPSA) is 104 Å². The van der Waals surface area contributed by atoms with Crippen LogP contribution in [0.3, 0.4) is 0 Å². The van der Waals surface area contributed by atoms with Gasteiger partial charge in [0.05, 0.1) is 11.1 Å². The number of nitrogens with zero attached hydrogens (tertiary/aromatic N) is 4. The van der Waals surface area contributed by atoms with Gasteiger partial charge < -0.3 is 14.3 Å². The van der Waals surface area contributed by atoms with Crippen molar-refractivity contribution in [1.82, 2.24) is 19.9 Å². The SMILES string of the molecule is Cc1cc(C(=O)N2CCN(C(=O)c3ccc4c(c3)C(=O)N(C3CCCCC3)C4=O)CC2)no1. The van der Waals surface area contributed by atoms with E-state index in [2.05, 4.69) is 5.16 Å². The van der Waals surface area contributed by atoms with Gasteiger partial charge in [-0.05, 0) is 38.0 Å². The molecule has 1 saturated heterocycles. The molecule has 9 heteroatoms. The van der Waals surface area contributed by atoms with Crippen molar-refractivity contribution in [2.24, 2.45) is 0 Å². The first-order valence-electron chi connectivity index (χ1n) is 11.5. The van der Waals surface area contributed by atoms with Gasteiger partial charge in [-0.2, -0.15) is 0 Å². The minimum atomic E-state index is -0.296. The molecule has 0 radical (unpaired) electrons. The van der Waals surface area contributed by atoms with Crippen molar-refractivity contribution < 1.29 is 23.7 Å². The van der Waals surface area contributed by atoms with E-state index in [4.69, 9.17) is 4.52 Å². The zero-order valence-corrected chi connectivity index (χ0v) is 18.6. The van der Waals surface area contributed by atoms with Crippen LogP contribution in [0.25, 0.3) is 0 Å². The highest BCUT2D eigenvalue weighted by Crippen LogP contribution is 2.31. The monoisotopic (exact) mass is 450 g/mol. The smallest absolute Gasteiger partial charge is 0.276 e. The molecule has 0 atom stereocenters. The van der Waals surface area contributed by atoms with Crippen LogP contribution in [0.15, 0.2) is 28.8 Å². The van der Waals surface area contributed by atoms with Gasteiger partial charge in [-0.3, -0.25) is 24.1 Å². The zero-order valence-electron chi connectivity index (χ0n) is 18.6. The molecule has 0 N–H and O–H groups in total. The first-order chi connectivity index (χ1) is 15.9. The third-order valence-corrected chi connectivity index (χ3v) is 6.81. The number of carbonyl (C=O) groups is 4. The van der Waals surface area contributed by atoms with Crippen molar-refractivity contribution in [3.05, 3.63) is 52.4 Å². The number of benzene rings is 1. The molecule has 9 nitrogen and oxygen atoms in total. The summed E-state index contributed by atoms with van der Waals surface area (Å²) in [7, 11) is 0. The zero-order chi connectivity index (χ0) is 23.1. The second-order valence-corrected chi connectivity index (χ2v) is 8.94. The number of rotatable bonds is 3. The predicted molar refractivity (Wildman–Crippen MR) is 117 cm³/mol. The molecule has 2 fully saturated rings. The van der Waals surface area contributed by atoms with Crippen LogP contribution in [0.1, 0.15) is 79.4 Å². The number of amides is 4. The third-order valence-electron chi connectivity index (χ3n) is 6.81. The van der Waals surface area contributed by atoms with Crippen LogP contribution in [0.2, 0.25) is 0 Å². The second-order valence-electron chi connectivity index (χ2n) is 8.94. The summed E-state index contributed by atoms with van der Waals surface area (Å²) in [5.74, 6) is -0.410. The number of fused-ring (bicyclic) bond motifs is 1. The van der Waals surface area contributed by atoms with Crippen LogP contribution in [-0.4, -0.2) is 75.7 Å². The maximum atomic E-state index is 13.1. The Morgan fingerprint density at radius 1 is 0.879 bits per heavy atom. The average Bonchev–Trinajstić information content (AvgIpc) is 3.39. The Kier molecular flexibility index (Phi) is 5.47. The minimum absolute atomic E-state index is 0.0515. The van der Waals surface area contributed by atoms with Crippen LogP contribution >= 0.6 is 0 Å². The van der Waals surface area contributed by atoms with Gasteiger partial charge in [-0.25, -0.2) is 0 Å². The lowest BCUT2D eigenvalue weighted by Gasteiger charge is -2.34. The summed E-state index contributed by atoms with van der Waals surface area (Å²) in [4.78, 5) is 56.3. The molecule has 3 heterocycles. The molecule has 1 saturated carbocycles. The van der Waals surface area contributed by atoms with Crippen LogP contribution < -0.4 is 0 Å². The van der Waals surface area contributed by atoms with Gasteiger partial charge in [0.25, 0.3) is 23.6 Å². The minimum Gasteiger partial charge on any atom is -0.361 e. The molecule has 3 aliphatic rings. The number of hydrogen-bond acceptors (Lipinski definition) is 6. The van der Waals surface area contributed by atoms with Gasteiger partial charge in [0.1, 0.15) is 5.76 Å². The van der Waals surface area contributed by atoms with E-state index in [0.717, 1.165) is 32.1 Å². The molecule has 0 bridgehead atoms. The lowest BCUT2D eigenvalue weighted by atomic mass is 9.94. The van der Waals surface area contributed by atoms with E-state index in [1.165, 1.54) is 4.90 Å². The second kappa shape index (κ2) is 8.46. The quantitative estimate of drug-likeness (QED) is 0.666. The molecular weight excluding hydrogens is 424 g/mol. The number of aromatic nitrogens is 1. The normalized spacial score (nSPS) is 19.2. The van der Waals surface area contributed by atoms with Gasteiger partial charge in [0.2, 0.25) is 0 Å². The molecule has 1 aromatic carbocycles. The summed E-state index contributed by atoms with van der Waals surface area (Å²) in [6.45, 7) is 3.24. The van der Waals surface area contributed by atoms with Crippen LogP contribution in [0, 0.1) is 6.92 Å². The van der Waals surface area contributed by atoms with Crippen molar-refractivity contribution in [2.45, 2.75) is 45.1 Å². The number of carbonyl (C=O) groups excluding carboxylic acids is 4. The summed E-state index contributed by atoms with van der Waals surface area (Å²) in [5, 5.41) is 3.77. The maximum absolute atomic E-state index is 13.1. The van der Waals surface area contributed by atoms with E-state index in [1.54, 1.807) is 41.0 Å². The number of piperazine rings is 1. The van der Waals surface area contributed by atoms with E-state index in [9.17, 15) is 19.2 Å². The standard InChI is InChI=1S/C24H26N4O5/c1-15-13-20(25-33-15)24(32)27-11-9-26(10-12-27)21(29)16-7-8-18-19(14-16)23(31)28(22(18)30)17-5-3-2-4-6-17/h7-8,13-14,17H,2-6,9-12H2,1H3. The van der Waals surface area contributed by atoms with E-state index in [-0.39, 0.29) is 35.4 Å². The van der Waals surface area contributed by atoms with Crippen molar-refractivity contribution in [1.29, 1.82) is 0 Å². The van der Waals surface area contributed by atoms with E-state index < -0.39 is 0 Å². The van der Waals surface area contributed by atoms with Gasteiger partial charge >= 0.3 is 0 Å². The van der Waals surface area contributed by atoms with Gasteiger partial charge in [-0.1, -0.05) is 24.4 Å². The number of aryl methyl sites for hydroxylation is 1. The Bertz CT molecular complexity index is 1130. The van der Waals surface area contributed by atoms with Gasteiger partial charge in [0.15, 0.2) is 5.69 Å². The van der Waals surface area contributed by atoms with Crippen molar-refractivity contribution in [3.63, 3.8) is 0 Å². The van der Waals surface area contributed by atoms with Gasteiger partial charge in [0, 0.05) is 43.9 Å². The Morgan fingerprint density at radius 2 is 1.52 bits per heavy atom. The van der Waals surface area contributed by atoms with Crippen LogP contribution in [0.5, 0.6) is 0 Å². The van der Waals surface area contributed by atoms with Crippen LogP contribution in [0.4, 0.5) is 0 Å². The van der Waals surface area contributed by atoms with E-state index in [0.29, 0.717) is 48.6 Å². The van der Waals surface area contributed by atoms with E-state index >= 15 is 0 Å². The fourth-order valence-electron chi connectivity index (χ4n) is 4.99. The molecule has 0 unspecified atom stereocenters. The summed E-state index contributed by atoms with van der Waals surface area (Å²) in [6.07, 6.45) is 4.86. The summed E-state index contributed by atoms with van der Waals surface area (Å²) < 4.78 is 4.98. The molecule has 4 amide bonds. The molecule has 33 heavy (non-hydrogen) atoms. The molecule has 5 rings (SSSR count). The predicted octanol–water partition coefficient (Wildman–Crippen LogP) is 2.51. The largest absolute Gasteiger partial charge is 0.361 e. The average molecular weight is 450 g/mol. The highest BCUT2D eigenvalue weighted by atomic mass is 16.5. The fourth-order valence-corrected chi connectivity index (χ4v) is 4.99. The summed E-state index contributed by atoms with van der Waals surface area (Å²) in [5.41, 5.74) is 1.33. The molecule has 172 valence electrons. The Labute approximate surface area is 191 Å². The molecular formula is C24H26N4O5. The molecule has 2 aliphatic heterocycles. The highest BCUT2D eigenvalue weighted by Gasteiger charge is 2.40. The highest BCUT2D eigenvalue weighted by molar-refractivity contribution is 6.22. The molecule has 1 aromatic heterocycles. The molecule has 2 aromatic rings. The number of imide groups is 1. The Morgan fingerprint density at radius 3 is 2.15 bits per heavy atom. The van der Waals surface area contributed by atoms with E-state index in [1.807, 2.05) is 0 Å². The Balaban J connectivity index is 1.26. The fraction of sp³-hybridized carbons (Fsp3) is 0.458. The lowest BCUT2D eigenvalue weighted by Crippen LogP contribution is -2.50.